The van der Waals surface area contributed by atoms with Crippen LogP contribution in [0.5, 0.6) is 0 Å². The average molecular weight is 206 g/mol. The maximum Gasteiger partial charge on any atom is 0.309 e. The van der Waals surface area contributed by atoms with E-state index in [1.165, 1.54) is 0 Å². The summed E-state index contributed by atoms with van der Waals surface area (Å²) >= 11 is 0. The van der Waals surface area contributed by atoms with Gasteiger partial charge in [-0.05, 0) is 25.5 Å². The Kier molecular flexibility index (Phi) is 2.58. The minimum Gasteiger partial charge on any atom is -0.466 e. The van der Waals surface area contributed by atoms with Crippen LogP contribution in [0.1, 0.15) is 25.0 Å². The third-order valence-electron chi connectivity index (χ3n) is 2.56. The van der Waals surface area contributed by atoms with Crippen LogP contribution in [0, 0.1) is 5.92 Å². The molecule has 0 aliphatic heterocycles. The van der Waals surface area contributed by atoms with E-state index in [0.717, 1.165) is 12.1 Å². The molecule has 2 rings (SSSR count). The number of carbonyl (C=O) groups is 1. The largest absolute Gasteiger partial charge is 0.466 e. The lowest BCUT2D eigenvalue weighted by molar-refractivity contribution is -0.144. The summed E-state index contributed by atoms with van der Waals surface area (Å²) in [6.45, 7) is 2.25. The van der Waals surface area contributed by atoms with E-state index in [4.69, 9.17) is 10.5 Å². The highest BCUT2D eigenvalue weighted by Crippen LogP contribution is 2.47. The standard InChI is InChI=1S/C11H14N2O2/c1-2-15-11(14)9-6-8(9)10-5-7(12)3-4-13-10/h3-5,8-9H,2,6H2,1H3,(H2,12,13)/t8-,9-/m1/s1. The first-order valence-corrected chi connectivity index (χ1v) is 5.10. The van der Waals surface area contributed by atoms with Crippen LogP contribution in [0.2, 0.25) is 0 Å². The summed E-state index contributed by atoms with van der Waals surface area (Å²) < 4.78 is 4.95. The molecule has 1 aromatic rings. The van der Waals surface area contributed by atoms with E-state index in [1.54, 1.807) is 12.3 Å². The number of pyridine rings is 1. The molecule has 2 atom stereocenters. The van der Waals surface area contributed by atoms with Crippen molar-refractivity contribution in [1.82, 2.24) is 4.98 Å². The molecule has 0 unspecified atom stereocenters. The Morgan fingerprint density at radius 3 is 3.20 bits per heavy atom. The van der Waals surface area contributed by atoms with Gasteiger partial charge in [-0.3, -0.25) is 9.78 Å². The van der Waals surface area contributed by atoms with Crippen LogP contribution in [0.25, 0.3) is 0 Å². The summed E-state index contributed by atoms with van der Waals surface area (Å²) in [7, 11) is 0. The second-order valence-electron chi connectivity index (χ2n) is 3.71. The molecular weight excluding hydrogens is 192 g/mol. The molecule has 0 radical (unpaired) electrons. The van der Waals surface area contributed by atoms with Gasteiger partial charge in [-0.1, -0.05) is 0 Å². The quantitative estimate of drug-likeness (QED) is 0.758. The number of nitrogen functional groups attached to an aromatic ring is 1. The van der Waals surface area contributed by atoms with E-state index >= 15 is 0 Å². The molecule has 0 saturated heterocycles. The lowest BCUT2D eigenvalue weighted by Crippen LogP contribution is -2.07. The number of anilines is 1. The number of esters is 1. The topological polar surface area (TPSA) is 65.2 Å². The van der Waals surface area contributed by atoms with Crippen molar-refractivity contribution in [2.45, 2.75) is 19.3 Å². The number of carbonyl (C=O) groups excluding carboxylic acids is 1. The van der Waals surface area contributed by atoms with Crippen LogP contribution in [0.15, 0.2) is 18.3 Å². The lowest BCUT2D eigenvalue weighted by atomic mass is 10.2. The molecule has 0 bridgehead atoms. The molecule has 1 aromatic heterocycles. The Labute approximate surface area is 88.4 Å². The Hall–Kier alpha value is -1.58. The lowest BCUT2D eigenvalue weighted by Gasteiger charge is -2.01. The van der Waals surface area contributed by atoms with Crippen LogP contribution in [0.4, 0.5) is 5.69 Å². The van der Waals surface area contributed by atoms with Crippen LogP contribution in [-0.2, 0) is 9.53 Å². The molecule has 2 N–H and O–H groups in total. The van der Waals surface area contributed by atoms with Crippen molar-refractivity contribution >= 4 is 11.7 Å². The molecule has 80 valence electrons. The van der Waals surface area contributed by atoms with Gasteiger partial charge in [0, 0.05) is 23.5 Å². The summed E-state index contributed by atoms with van der Waals surface area (Å²) in [5.41, 5.74) is 7.23. The van der Waals surface area contributed by atoms with E-state index in [-0.39, 0.29) is 17.8 Å². The average Bonchev–Trinajstić information content (AvgIpc) is 2.97. The number of aromatic nitrogens is 1. The van der Waals surface area contributed by atoms with Crippen LogP contribution >= 0.6 is 0 Å². The Balaban J connectivity index is 2.01. The van der Waals surface area contributed by atoms with Crippen molar-refractivity contribution in [1.29, 1.82) is 0 Å². The summed E-state index contributed by atoms with van der Waals surface area (Å²) in [5.74, 6) is 0.0681. The number of hydrogen-bond donors (Lipinski definition) is 1. The third-order valence-corrected chi connectivity index (χ3v) is 2.56. The molecule has 4 nitrogen and oxygen atoms in total. The molecule has 4 heteroatoms. The number of nitrogens with two attached hydrogens (primary N) is 1. The zero-order valence-corrected chi connectivity index (χ0v) is 8.64. The Morgan fingerprint density at radius 2 is 2.53 bits per heavy atom. The highest BCUT2D eigenvalue weighted by Gasteiger charge is 2.46. The van der Waals surface area contributed by atoms with Crippen LogP contribution < -0.4 is 5.73 Å². The zero-order chi connectivity index (χ0) is 10.8. The van der Waals surface area contributed by atoms with Crippen molar-refractivity contribution < 1.29 is 9.53 Å². The van der Waals surface area contributed by atoms with Gasteiger partial charge in [-0.15, -0.1) is 0 Å². The van der Waals surface area contributed by atoms with E-state index in [9.17, 15) is 4.79 Å². The van der Waals surface area contributed by atoms with Gasteiger partial charge in [-0.25, -0.2) is 0 Å². The third kappa shape index (κ3) is 2.09. The first-order chi connectivity index (χ1) is 7.22. The SMILES string of the molecule is CCOC(=O)[C@@H]1C[C@H]1c1cc(N)ccn1. The first-order valence-electron chi connectivity index (χ1n) is 5.10. The molecule has 1 heterocycles. The van der Waals surface area contributed by atoms with Gasteiger partial charge in [0.1, 0.15) is 0 Å². The van der Waals surface area contributed by atoms with E-state index in [0.29, 0.717) is 12.3 Å². The highest BCUT2D eigenvalue weighted by molar-refractivity contribution is 5.77. The van der Waals surface area contributed by atoms with Gasteiger partial charge in [0.15, 0.2) is 0 Å². The van der Waals surface area contributed by atoms with Gasteiger partial charge < -0.3 is 10.5 Å². The summed E-state index contributed by atoms with van der Waals surface area (Å²) in [6, 6.07) is 3.56. The predicted molar refractivity (Wildman–Crippen MR) is 56.1 cm³/mol. The maximum absolute atomic E-state index is 11.4. The normalized spacial score (nSPS) is 23.5. The molecule has 0 spiro atoms. The highest BCUT2D eigenvalue weighted by atomic mass is 16.5. The van der Waals surface area contributed by atoms with Gasteiger partial charge in [-0.2, -0.15) is 0 Å². The molecule has 15 heavy (non-hydrogen) atoms. The predicted octanol–water partition coefficient (Wildman–Crippen LogP) is 1.33. The number of nitrogens with zero attached hydrogens (tertiary/aromatic N) is 1. The van der Waals surface area contributed by atoms with Gasteiger partial charge >= 0.3 is 5.97 Å². The zero-order valence-electron chi connectivity index (χ0n) is 8.64. The molecule has 1 fully saturated rings. The van der Waals surface area contributed by atoms with Crippen molar-refractivity contribution in [2.24, 2.45) is 5.92 Å². The van der Waals surface area contributed by atoms with E-state index < -0.39 is 0 Å². The second kappa shape index (κ2) is 3.88. The second-order valence-corrected chi connectivity index (χ2v) is 3.71. The van der Waals surface area contributed by atoms with E-state index in [1.807, 2.05) is 13.0 Å². The van der Waals surface area contributed by atoms with E-state index in [2.05, 4.69) is 4.98 Å². The molecule has 0 aromatic carbocycles. The van der Waals surface area contributed by atoms with Gasteiger partial charge in [0.2, 0.25) is 0 Å². The smallest absolute Gasteiger partial charge is 0.309 e. The summed E-state index contributed by atoms with van der Waals surface area (Å²) in [4.78, 5) is 15.6. The summed E-state index contributed by atoms with van der Waals surface area (Å²) in [5, 5.41) is 0. The molecule has 0 amide bonds. The number of rotatable bonds is 3. The number of hydrogen-bond acceptors (Lipinski definition) is 4. The van der Waals surface area contributed by atoms with Crippen molar-refractivity contribution in [2.75, 3.05) is 12.3 Å². The number of ether oxygens (including phenoxy) is 1. The Morgan fingerprint density at radius 1 is 1.73 bits per heavy atom. The fourth-order valence-corrected chi connectivity index (χ4v) is 1.70. The van der Waals surface area contributed by atoms with Crippen molar-refractivity contribution in [3.63, 3.8) is 0 Å². The van der Waals surface area contributed by atoms with Crippen molar-refractivity contribution in [3.05, 3.63) is 24.0 Å². The molecule has 1 aliphatic rings. The minimum absolute atomic E-state index is 0.0146. The maximum atomic E-state index is 11.4. The summed E-state index contributed by atoms with van der Waals surface area (Å²) in [6.07, 6.45) is 2.50. The fourth-order valence-electron chi connectivity index (χ4n) is 1.70. The fraction of sp³-hybridized carbons (Fsp3) is 0.455. The molecular formula is C11H14N2O2. The van der Waals surface area contributed by atoms with Gasteiger partial charge in [0.25, 0.3) is 0 Å². The van der Waals surface area contributed by atoms with Gasteiger partial charge in [0.05, 0.1) is 12.5 Å². The van der Waals surface area contributed by atoms with Crippen molar-refractivity contribution in [3.8, 4) is 0 Å². The van der Waals surface area contributed by atoms with Crippen LogP contribution in [0.3, 0.4) is 0 Å². The first kappa shape index (κ1) is 9.96. The Bertz CT molecular complexity index is 379. The monoisotopic (exact) mass is 206 g/mol. The molecule has 1 saturated carbocycles. The van der Waals surface area contributed by atoms with Crippen LogP contribution in [-0.4, -0.2) is 17.6 Å². The minimum atomic E-state index is -0.119. The molecule has 1 aliphatic carbocycles.